The molecule has 0 aliphatic rings. The maximum Gasteiger partial charge on any atom is 0.273 e. The van der Waals surface area contributed by atoms with Crippen LogP contribution in [0.3, 0.4) is 0 Å². The van der Waals surface area contributed by atoms with Gasteiger partial charge in [0.1, 0.15) is 17.7 Å². The van der Waals surface area contributed by atoms with Gasteiger partial charge < -0.3 is 15.6 Å². The van der Waals surface area contributed by atoms with Gasteiger partial charge in [-0.2, -0.15) is 5.26 Å². The minimum absolute atomic E-state index is 0.0755. The van der Waals surface area contributed by atoms with Gasteiger partial charge in [-0.3, -0.25) is 14.8 Å². The molecular formula is C27H20F2N10O. The number of hydrogen-bond donors (Lipinski definition) is 3. The Hall–Kier alpha value is -5.64. The van der Waals surface area contributed by atoms with Gasteiger partial charge in [0.05, 0.1) is 11.9 Å². The second-order valence-corrected chi connectivity index (χ2v) is 8.66. The Labute approximate surface area is 226 Å². The van der Waals surface area contributed by atoms with Crippen LogP contribution in [-0.2, 0) is 6.54 Å². The molecule has 0 radical (unpaired) electrons. The van der Waals surface area contributed by atoms with Gasteiger partial charge in [0.2, 0.25) is 5.82 Å². The first-order valence-electron chi connectivity index (χ1n) is 11.9. The molecule has 0 unspecified atom stereocenters. The monoisotopic (exact) mass is 538 g/mol. The molecule has 11 nitrogen and oxygen atoms in total. The van der Waals surface area contributed by atoms with Crippen molar-refractivity contribution < 1.29 is 13.6 Å². The van der Waals surface area contributed by atoms with E-state index in [2.05, 4.69) is 45.5 Å². The van der Waals surface area contributed by atoms with Crippen LogP contribution < -0.4 is 10.6 Å². The molecule has 0 saturated carbocycles. The van der Waals surface area contributed by atoms with E-state index < -0.39 is 17.5 Å². The number of amides is 1. The zero-order valence-electron chi connectivity index (χ0n) is 21.2. The highest BCUT2D eigenvalue weighted by molar-refractivity contribution is 5.92. The largest absolute Gasteiger partial charge is 0.346 e. The number of hydrogen-bond acceptors (Lipinski definition) is 9. The highest BCUT2D eigenvalue weighted by Crippen LogP contribution is 2.22. The quantitative estimate of drug-likeness (QED) is 0.277. The van der Waals surface area contributed by atoms with E-state index in [4.69, 9.17) is 5.26 Å². The first kappa shape index (κ1) is 26.0. The summed E-state index contributed by atoms with van der Waals surface area (Å²) in [6.07, 6.45) is 5.50. The Balaban J connectivity index is 1.27. The Morgan fingerprint density at radius 3 is 2.58 bits per heavy atom. The molecule has 0 aromatic carbocycles. The van der Waals surface area contributed by atoms with Crippen LogP contribution in [0.2, 0.25) is 0 Å². The summed E-state index contributed by atoms with van der Waals surface area (Å²) < 4.78 is 28.5. The van der Waals surface area contributed by atoms with E-state index in [0.717, 1.165) is 12.3 Å². The topological polar surface area (TPSA) is 158 Å². The predicted molar refractivity (Wildman–Crippen MR) is 140 cm³/mol. The Kier molecular flexibility index (Phi) is 7.14. The van der Waals surface area contributed by atoms with E-state index in [9.17, 15) is 13.6 Å². The molecule has 198 valence electrons. The van der Waals surface area contributed by atoms with Crippen LogP contribution in [0.1, 0.15) is 33.3 Å². The third kappa shape index (κ3) is 5.76. The van der Waals surface area contributed by atoms with Gasteiger partial charge in [-0.05, 0) is 37.6 Å². The molecule has 0 bridgehead atoms. The number of nitrogens with one attached hydrogen (secondary N) is 3. The van der Waals surface area contributed by atoms with Crippen molar-refractivity contribution in [1.82, 2.24) is 40.2 Å². The number of carbonyl (C=O) groups is 1. The van der Waals surface area contributed by atoms with Crippen LogP contribution in [0.5, 0.6) is 0 Å². The number of nitriles is 1. The molecule has 0 atom stereocenters. The number of nitrogens with zero attached hydrogens (tertiary/aromatic N) is 7. The summed E-state index contributed by atoms with van der Waals surface area (Å²) in [5, 5.41) is 14.5. The van der Waals surface area contributed by atoms with Gasteiger partial charge in [-0.25, -0.2) is 28.7 Å². The van der Waals surface area contributed by atoms with Gasteiger partial charge in [0, 0.05) is 53.7 Å². The molecule has 13 heteroatoms. The van der Waals surface area contributed by atoms with Crippen molar-refractivity contribution in [2.75, 3.05) is 5.32 Å². The van der Waals surface area contributed by atoms with Crippen LogP contribution in [0.15, 0.2) is 55.1 Å². The predicted octanol–water partition coefficient (Wildman–Crippen LogP) is 4.16. The average Bonchev–Trinajstić information content (AvgIpc) is 3.40. The number of imidazole rings is 1. The smallest absolute Gasteiger partial charge is 0.273 e. The number of rotatable bonds is 7. The van der Waals surface area contributed by atoms with Crippen molar-refractivity contribution in [3.8, 4) is 28.7 Å². The number of carbonyl (C=O) groups excluding carboxylic acids is 1. The zero-order valence-corrected chi connectivity index (χ0v) is 21.2. The summed E-state index contributed by atoms with van der Waals surface area (Å²) in [4.78, 5) is 40.4. The van der Waals surface area contributed by atoms with Crippen LogP contribution >= 0.6 is 0 Å². The molecule has 0 saturated heterocycles. The molecule has 5 aromatic heterocycles. The molecule has 5 aromatic rings. The Morgan fingerprint density at radius 1 is 1.00 bits per heavy atom. The maximum absolute atomic E-state index is 14.9. The minimum Gasteiger partial charge on any atom is -0.346 e. The Morgan fingerprint density at radius 2 is 1.85 bits per heavy atom. The van der Waals surface area contributed by atoms with Crippen LogP contribution in [0, 0.1) is 36.8 Å². The molecule has 0 aliphatic heterocycles. The number of pyridine rings is 3. The molecule has 40 heavy (non-hydrogen) atoms. The fourth-order valence-corrected chi connectivity index (χ4v) is 3.78. The van der Waals surface area contributed by atoms with E-state index in [0.29, 0.717) is 39.8 Å². The SMILES string of the molecule is Cc1cc(Nc2c[nH]c(C#N)n2)nc(-c2cnc(C(=O)NCc3ccc(-c4cc(F)cnc4C)nc3)c(F)c2)n1. The molecule has 0 spiro atoms. The van der Waals surface area contributed by atoms with Crippen molar-refractivity contribution >= 4 is 17.5 Å². The molecule has 0 aliphatic carbocycles. The van der Waals surface area contributed by atoms with Crippen LogP contribution in [0.4, 0.5) is 20.4 Å². The molecule has 0 fully saturated rings. The van der Waals surface area contributed by atoms with Crippen molar-refractivity contribution in [3.63, 3.8) is 0 Å². The van der Waals surface area contributed by atoms with Crippen LogP contribution in [-0.4, -0.2) is 40.8 Å². The van der Waals surface area contributed by atoms with E-state index in [1.54, 1.807) is 32.0 Å². The summed E-state index contributed by atoms with van der Waals surface area (Å²) in [7, 11) is 0. The number of aromatic amines is 1. The molecule has 5 rings (SSSR count). The summed E-state index contributed by atoms with van der Waals surface area (Å²) in [5.74, 6) is -0.938. The van der Waals surface area contributed by atoms with E-state index in [1.807, 2.05) is 6.07 Å². The molecule has 1 amide bonds. The minimum atomic E-state index is -0.844. The van der Waals surface area contributed by atoms with Gasteiger partial charge in [0.25, 0.3) is 5.91 Å². The van der Waals surface area contributed by atoms with Crippen molar-refractivity contribution in [3.05, 3.63) is 95.2 Å². The van der Waals surface area contributed by atoms with Gasteiger partial charge in [0.15, 0.2) is 23.2 Å². The van der Waals surface area contributed by atoms with Crippen molar-refractivity contribution in [2.45, 2.75) is 20.4 Å². The average molecular weight is 539 g/mol. The van der Waals surface area contributed by atoms with E-state index in [-0.39, 0.29) is 29.5 Å². The van der Waals surface area contributed by atoms with Gasteiger partial charge in [-0.1, -0.05) is 6.07 Å². The number of halogens is 2. The lowest BCUT2D eigenvalue weighted by Crippen LogP contribution is -2.25. The summed E-state index contributed by atoms with van der Waals surface area (Å²) in [6, 6.07) is 9.46. The number of anilines is 2. The first-order valence-corrected chi connectivity index (χ1v) is 11.9. The second kappa shape index (κ2) is 11.0. The zero-order chi connectivity index (χ0) is 28.2. The van der Waals surface area contributed by atoms with Crippen LogP contribution in [0.25, 0.3) is 22.6 Å². The highest BCUT2D eigenvalue weighted by atomic mass is 19.1. The maximum atomic E-state index is 14.9. The van der Waals surface area contributed by atoms with Crippen molar-refractivity contribution in [1.29, 1.82) is 5.26 Å². The second-order valence-electron chi connectivity index (χ2n) is 8.66. The lowest BCUT2D eigenvalue weighted by Gasteiger charge is -2.09. The molecule has 3 N–H and O–H groups in total. The third-order valence-corrected chi connectivity index (χ3v) is 5.72. The summed E-state index contributed by atoms with van der Waals surface area (Å²) in [6.45, 7) is 3.57. The molecular weight excluding hydrogens is 518 g/mol. The standard InChI is InChI=1S/C27H20F2N10O/c1-14-5-22(37-24-13-33-23(8-30)38-24)39-26(36-14)17-6-20(29)25(34-11-17)27(40)35-10-16-3-4-21(32-9-16)19-7-18(28)12-31-15(19)2/h3-7,9,11-13H,10H2,1-2H3,(H,33,38)(H,35,40)(H,36,37,39). The number of aryl methyl sites for hydroxylation is 2. The lowest BCUT2D eigenvalue weighted by molar-refractivity contribution is 0.0941. The van der Waals surface area contributed by atoms with Crippen molar-refractivity contribution in [2.24, 2.45) is 0 Å². The van der Waals surface area contributed by atoms with Gasteiger partial charge in [-0.15, -0.1) is 0 Å². The fourth-order valence-electron chi connectivity index (χ4n) is 3.78. The number of H-pyrrole nitrogens is 1. The highest BCUT2D eigenvalue weighted by Gasteiger charge is 2.17. The lowest BCUT2D eigenvalue weighted by atomic mass is 10.1. The fraction of sp³-hybridized carbons (Fsp3) is 0.111. The molecule has 5 heterocycles. The van der Waals surface area contributed by atoms with Gasteiger partial charge >= 0.3 is 0 Å². The number of aromatic nitrogens is 7. The Bertz CT molecular complexity index is 1760. The summed E-state index contributed by atoms with van der Waals surface area (Å²) in [5.41, 5.74) is 2.86. The van der Waals surface area contributed by atoms with E-state index in [1.165, 1.54) is 24.7 Å². The van der Waals surface area contributed by atoms with E-state index >= 15 is 0 Å². The first-order chi connectivity index (χ1) is 19.3. The third-order valence-electron chi connectivity index (χ3n) is 5.72. The summed E-state index contributed by atoms with van der Waals surface area (Å²) >= 11 is 0. The normalized spacial score (nSPS) is 10.7.